The van der Waals surface area contributed by atoms with Crippen LogP contribution >= 0.6 is 0 Å². The van der Waals surface area contributed by atoms with Gasteiger partial charge in [-0.15, -0.1) is 0 Å². The van der Waals surface area contributed by atoms with E-state index in [4.69, 9.17) is 0 Å². The zero-order chi connectivity index (χ0) is 18.9. The maximum absolute atomic E-state index is 13.8. The first kappa shape index (κ1) is 18.0. The molecule has 4 nitrogen and oxygen atoms in total. The molecule has 6 heteroatoms. The number of nitrogens with zero attached hydrogens (tertiary/aromatic N) is 1. The number of anilines is 2. The minimum Gasteiger partial charge on any atom is -0.323 e. The molecule has 26 heavy (non-hydrogen) atoms. The molecule has 0 bridgehead atoms. The Morgan fingerprint density at radius 2 is 1.85 bits per heavy atom. The topological polar surface area (TPSA) is 49.4 Å². The quantitative estimate of drug-likeness (QED) is 0.846. The minimum atomic E-state index is -1.41. The van der Waals surface area contributed by atoms with Crippen LogP contribution in [0.2, 0.25) is 0 Å². The summed E-state index contributed by atoms with van der Waals surface area (Å²) >= 11 is 0. The van der Waals surface area contributed by atoms with Crippen LogP contribution in [0.15, 0.2) is 42.5 Å². The highest BCUT2D eigenvalue weighted by Gasteiger charge is 2.41. The number of benzene rings is 2. The summed E-state index contributed by atoms with van der Waals surface area (Å²) in [7, 11) is 0. The van der Waals surface area contributed by atoms with Crippen molar-refractivity contribution in [2.45, 2.75) is 26.7 Å². The van der Waals surface area contributed by atoms with E-state index in [9.17, 15) is 18.4 Å². The fourth-order valence-electron chi connectivity index (χ4n) is 3.05. The maximum Gasteiger partial charge on any atom is 0.242 e. The van der Waals surface area contributed by atoms with Gasteiger partial charge in [0.2, 0.25) is 11.8 Å². The van der Waals surface area contributed by atoms with Crippen molar-refractivity contribution in [1.29, 1.82) is 0 Å². The molecule has 2 aromatic rings. The monoisotopic (exact) mass is 358 g/mol. The summed E-state index contributed by atoms with van der Waals surface area (Å²) in [6.45, 7) is 3.53. The second-order valence-electron chi connectivity index (χ2n) is 6.89. The normalized spacial score (nSPS) is 13.9. The molecule has 2 amide bonds. The van der Waals surface area contributed by atoms with E-state index in [-0.39, 0.29) is 11.6 Å². The van der Waals surface area contributed by atoms with Crippen molar-refractivity contribution >= 4 is 23.2 Å². The molecule has 0 fully saturated rings. The van der Waals surface area contributed by atoms with Gasteiger partial charge < -0.3 is 10.2 Å². The summed E-state index contributed by atoms with van der Waals surface area (Å²) in [6, 6.07) is 10.5. The molecule has 1 aliphatic rings. The molecule has 0 aliphatic carbocycles. The lowest BCUT2D eigenvalue weighted by atomic mass is 9.88. The molecular formula is C20H20F2N2O2. The van der Waals surface area contributed by atoms with Crippen LogP contribution in [0.5, 0.6) is 0 Å². The molecule has 1 heterocycles. The largest absolute Gasteiger partial charge is 0.323 e. The van der Waals surface area contributed by atoms with E-state index < -0.39 is 23.0 Å². The van der Waals surface area contributed by atoms with E-state index >= 15 is 0 Å². The van der Waals surface area contributed by atoms with Crippen molar-refractivity contribution < 1.29 is 18.4 Å². The molecule has 3 rings (SSSR count). The van der Waals surface area contributed by atoms with Gasteiger partial charge in [-0.1, -0.05) is 18.2 Å². The van der Waals surface area contributed by atoms with Crippen molar-refractivity contribution in [3.05, 3.63) is 59.7 Å². The van der Waals surface area contributed by atoms with Crippen molar-refractivity contribution in [3.8, 4) is 0 Å². The Morgan fingerprint density at radius 1 is 1.12 bits per heavy atom. The van der Waals surface area contributed by atoms with E-state index in [2.05, 4.69) is 5.32 Å². The number of fused-ring (bicyclic) bond motifs is 1. The molecular weight excluding hydrogens is 338 g/mol. The fourth-order valence-corrected chi connectivity index (χ4v) is 3.05. The SMILES string of the molecule is CC(C)(C(=O)Nc1ccc(F)cc1F)C(=O)N1CCCc2ccccc21. The number of rotatable bonds is 3. The number of hydrogen-bond acceptors (Lipinski definition) is 2. The highest BCUT2D eigenvalue weighted by atomic mass is 19.1. The first-order valence-corrected chi connectivity index (χ1v) is 8.47. The molecule has 136 valence electrons. The lowest BCUT2D eigenvalue weighted by Crippen LogP contribution is -2.49. The highest BCUT2D eigenvalue weighted by Crippen LogP contribution is 2.32. The van der Waals surface area contributed by atoms with Gasteiger partial charge in [0.25, 0.3) is 0 Å². The van der Waals surface area contributed by atoms with Gasteiger partial charge in [-0.2, -0.15) is 0 Å². The second-order valence-corrected chi connectivity index (χ2v) is 6.89. The van der Waals surface area contributed by atoms with Crippen LogP contribution in [0.3, 0.4) is 0 Å². The highest BCUT2D eigenvalue weighted by molar-refractivity contribution is 6.15. The van der Waals surface area contributed by atoms with E-state index in [0.717, 1.165) is 36.2 Å². The van der Waals surface area contributed by atoms with E-state index in [1.165, 1.54) is 13.8 Å². The van der Waals surface area contributed by atoms with Gasteiger partial charge in [0.15, 0.2) is 0 Å². The summed E-state index contributed by atoms with van der Waals surface area (Å²) in [5.41, 5.74) is 0.299. The van der Waals surface area contributed by atoms with Gasteiger partial charge in [0.05, 0.1) is 5.69 Å². The zero-order valence-electron chi connectivity index (χ0n) is 14.7. The predicted octanol–water partition coefficient (Wildman–Crippen LogP) is 3.91. The van der Waals surface area contributed by atoms with Crippen LogP contribution in [0, 0.1) is 17.0 Å². The Hall–Kier alpha value is -2.76. The molecule has 0 atom stereocenters. The number of para-hydroxylation sites is 1. The smallest absolute Gasteiger partial charge is 0.242 e. The third-order valence-electron chi connectivity index (χ3n) is 4.64. The first-order chi connectivity index (χ1) is 12.3. The van der Waals surface area contributed by atoms with Crippen molar-refractivity contribution in [2.75, 3.05) is 16.8 Å². The van der Waals surface area contributed by atoms with E-state index in [1.807, 2.05) is 24.3 Å². The molecule has 0 saturated heterocycles. The maximum atomic E-state index is 13.8. The van der Waals surface area contributed by atoms with Crippen LogP contribution in [0.1, 0.15) is 25.8 Å². The number of hydrogen-bond donors (Lipinski definition) is 1. The first-order valence-electron chi connectivity index (χ1n) is 8.47. The molecule has 0 radical (unpaired) electrons. The Labute approximate surface area is 150 Å². The lowest BCUT2D eigenvalue weighted by Gasteiger charge is -2.35. The molecule has 0 aromatic heterocycles. The Kier molecular flexibility index (Phi) is 4.76. The van der Waals surface area contributed by atoms with Gasteiger partial charge in [-0.05, 0) is 50.5 Å². The Balaban J connectivity index is 1.83. The van der Waals surface area contributed by atoms with Crippen LogP contribution in [0.25, 0.3) is 0 Å². The second kappa shape index (κ2) is 6.86. The molecule has 0 spiro atoms. The summed E-state index contributed by atoms with van der Waals surface area (Å²) in [4.78, 5) is 27.3. The molecule has 1 N–H and O–H groups in total. The third kappa shape index (κ3) is 3.31. The van der Waals surface area contributed by atoms with Crippen LogP contribution in [-0.2, 0) is 16.0 Å². The average Bonchev–Trinajstić information content (AvgIpc) is 2.62. The van der Waals surface area contributed by atoms with Gasteiger partial charge in [-0.25, -0.2) is 8.78 Å². The van der Waals surface area contributed by atoms with Crippen LogP contribution < -0.4 is 10.2 Å². The minimum absolute atomic E-state index is 0.156. The van der Waals surface area contributed by atoms with Gasteiger partial charge in [-0.3, -0.25) is 9.59 Å². The number of nitrogens with one attached hydrogen (secondary N) is 1. The standard InChI is InChI=1S/C20H20F2N2O2/c1-20(2,18(25)23-16-10-9-14(21)12-15(16)22)19(26)24-11-5-7-13-6-3-4-8-17(13)24/h3-4,6,8-10,12H,5,7,11H2,1-2H3,(H,23,25). The molecule has 0 saturated carbocycles. The van der Waals surface area contributed by atoms with Gasteiger partial charge in [0.1, 0.15) is 17.0 Å². The summed E-state index contributed by atoms with van der Waals surface area (Å²) in [5.74, 6) is -2.62. The Bertz CT molecular complexity index is 865. The fraction of sp³-hybridized carbons (Fsp3) is 0.300. The molecule has 0 unspecified atom stereocenters. The van der Waals surface area contributed by atoms with Crippen LogP contribution in [0.4, 0.5) is 20.2 Å². The predicted molar refractivity (Wildman–Crippen MR) is 95.9 cm³/mol. The summed E-state index contributed by atoms with van der Waals surface area (Å²) in [6.07, 6.45) is 1.69. The van der Waals surface area contributed by atoms with Crippen LogP contribution in [-0.4, -0.2) is 18.4 Å². The Morgan fingerprint density at radius 3 is 2.58 bits per heavy atom. The van der Waals surface area contributed by atoms with Crippen molar-refractivity contribution in [3.63, 3.8) is 0 Å². The zero-order valence-corrected chi connectivity index (χ0v) is 14.7. The molecule has 2 aromatic carbocycles. The number of halogens is 2. The van der Waals surface area contributed by atoms with E-state index in [1.54, 1.807) is 4.90 Å². The third-order valence-corrected chi connectivity index (χ3v) is 4.64. The summed E-state index contributed by atoms with van der Waals surface area (Å²) in [5, 5.41) is 2.39. The van der Waals surface area contributed by atoms with Crippen molar-refractivity contribution in [2.24, 2.45) is 5.41 Å². The number of carbonyl (C=O) groups excluding carboxylic acids is 2. The lowest BCUT2D eigenvalue weighted by molar-refractivity contribution is -0.136. The number of amides is 2. The molecule has 1 aliphatic heterocycles. The number of aryl methyl sites for hydroxylation is 1. The number of carbonyl (C=O) groups is 2. The van der Waals surface area contributed by atoms with E-state index in [0.29, 0.717) is 12.6 Å². The van der Waals surface area contributed by atoms with Crippen molar-refractivity contribution in [1.82, 2.24) is 0 Å². The average molecular weight is 358 g/mol. The van der Waals surface area contributed by atoms with Gasteiger partial charge >= 0.3 is 0 Å². The van der Waals surface area contributed by atoms with Gasteiger partial charge in [0, 0.05) is 18.3 Å². The summed E-state index contributed by atoms with van der Waals surface area (Å²) < 4.78 is 26.8.